The topological polar surface area (TPSA) is 50.9 Å². The Morgan fingerprint density at radius 1 is 1.30 bits per heavy atom. The average Bonchev–Trinajstić information content (AvgIpc) is 2.85. The monoisotopic (exact) mass is 285 g/mol. The Bertz CT molecular complexity index is 580. The van der Waals surface area contributed by atoms with Gasteiger partial charge in [0.15, 0.2) is 0 Å². The van der Waals surface area contributed by atoms with E-state index in [1.807, 2.05) is 6.92 Å². The zero-order valence-electron chi connectivity index (χ0n) is 10.8. The molecular weight excluding hydrogens is 271 g/mol. The number of pyridine rings is 1. The van der Waals surface area contributed by atoms with Crippen molar-refractivity contribution < 1.29 is 18.3 Å². The molecule has 7 heteroatoms. The summed E-state index contributed by atoms with van der Waals surface area (Å²) in [5.41, 5.74) is -0.826. The van der Waals surface area contributed by atoms with Gasteiger partial charge in [0.1, 0.15) is 6.10 Å². The minimum Gasteiger partial charge on any atom is -0.382 e. The van der Waals surface area contributed by atoms with Crippen LogP contribution in [0.1, 0.15) is 36.3 Å². The van der Waals surface area contributed by atoms with Crippen LogP contribution in [0.15, 0.2) is 31.0 Å². The summed E-state index contributed by atoms with van der Waals surface area (Å²) in [6.45, 7) is 2.51. The largest absolute Gasteiger partial charge is 0.416 e. The van der Waals surface area contributed by atoms with Crippen molar-refractivity contribution in [2.45, 2.75) is 32.2 Å². The number of aliphatic hydroxyl groups is 1. The van der Waals surface area contributed by atoms with E-state index in [1.54, 1.807) is 4.57 Å². The van der Waals surface area contributed by atoms with Crippen molar-refractivity contribution >= 4 is 0 Å². The Morgan fingerprint density at radius 3 is 2.70 bits per heavy atom. The Morgan fingerprint density at radius 2 is 2.05 bits per heavy atom. The summed E-state index contributed by atoms with van der Waals surface area (Å²) in [4.78, 5) is 7.56. The van der Waals surface area contributed by atoms with Gasteiger partial charge in [-0.05, 0) is 12.5 Å². The molecule has 0 aromatic carbocycles. The smallest absolute Gasteiger partial charge is 0.382 e. The third kappa shape index (κ3) is 2.82. The van der Waals surface area contributed by atoms with E-state index < -0.39 is 17.8 Å². The van der Waals surface area contributed by atoms with E-state index in [2.05, 4.69) is 9.97 Å². The molecule has 0 aliphatic rings. The van der Waals surface area contributed by atoms with Crippen molar-refractivity contribution in [3.8, 4) is 0 Å². The van der Waals surface area contributed by atoms with Gasteiger partial charge in [-0.3, -0.25) is 4.98 Å². The first-order valence-electron chi connectivity index (χ1n) is 6.14. The quantitative estimate of drug-likeness (QED) is 0.939. The second-order valence-electron chi connectivity index (χ2n) is 4.38. The number of nitrogens with zero attached hydrogens (tertiary/aromatic N) is 3. The van der Waals surface area contributed by atoms with Crippen LogP contribution in [-0.2, 0) is 12.7 Å². The van der Waals surface area contributed by atoms with Crippen LogP contribution in [0.2, 0.25) is 0 Å². The highest BCUT2D eigenvalue weighted by atomic mass is 19.4. The molecule has 1 atom stereocenters. The van der Waals surface area contributed by atoms with Crippen molar-refractivity contribution in [3.05, 3.63) is 47.8 Å². The minimum atomic E-state index is -4.53. The van der Waals surface area contributed by atoms with E-state index in [0.717, 1.165) is 24.9 Å². The molecule has 20 heavy (non-hydrogen) atoms. The molecular formula is C13H14F3N3O. The summed E-state index contributed by atoms with van der Waals surface area (Å²) in [7, 11) is 0. The normalized spacial score (nSPS) is 13.4. The van der Waals surface area contributed by atoms with Crippen molar-refractivity contribution in [3.63, 3.8) is 0 Å². The fourth-order valence-electron chi connectivity index (χ4n) is 2.03. The summed E-state index contributed by atoms with van der Waals surface area (Å²) in [5.74, 6) is 0. The highest BCUT2D eigenvalue weighted by Crippen LogP contribution is 2.35. The molecule has 0 fully saturated rings. The molecule has 0 saturated heterocycles. The molecule has 0 bridgehead atoms. The number of aliphatic hydroxyl groups excluding tert-OH is 1. The average molecular weight is 285 g/mol. The molecule has 1 unspecified atom stereocenters. The first-order chi connectivity index (χ1) is 9.45. The zero-order valence-corrected chi connectivity index (χ0v) is 10.8. The van der Waals surface area contributed by atoms with Crippen molar-refractivity contribution in [1.29, 1.82) is 0 Å². The molecule has 0 saturated carbocycles. The van der Waals surface area contributed by atoms with Gasteiger partial charge < -0.3 is 9.67 Å². The number of halogens is 3. The molecule has 2 aromatic rings. The van der Waals surface area contributed by atoms with Gasteiger partial charge in [-0.15, -0.1) is 0 Å². The van der Waals surface area contributed by atoms with E-state index in [-0.39, 0.29) is 5.56 Å². The maximum absolute atomic E-state index is 12.9. The molecule has 2 aromatic heterocycles. The van der Waals surface area contributed by atoms with Crippen LogP contribution < -0.4 is 0 Å². The summed E-state index contributed by atoms with van der Waals surface area (Å²) in [6, 6.07) is 0.860. The van der Waals surface area contributed by atoms with Gasteiger partial charge >= 0.3 is 6.18 Å². The summed E-state index contributed by atoms with van der Waals surface area (Å²) >= 11 is 0. The number of rotatable bonds is 4. The Balaban J connectivity index is 2.43. The van der Waals surface area contributed by atoms with Crippen LogP contribution in [0.5, 0.6) is 0 Å². The highest BCUT2D eigenvalue weighted by Gasteiger charge is 2.35. The van der Waals surface area contributed by atoms with E-state index in [0.29, 0.717) is 12.2 Å². The Kier molecular flexibility index (Phi) is 4.08. The van der Waals surface area contributed by atoms with Crippen LogP contribution in [-0.4, -0.2) is 19.6 Å². The lowest BCUT2D eigenvalue weighted by atomic mass is 10.0. The fourth-order valence-corrected chi connectivity index (χ4v) is 2.03. The lowest BCUT2D eigenvalue weighted by Crippen LogP contribution is -2.15. The maximum Gasteiger partial charge on any atom is 0.416 e. The van der Waals surface area contributed by atoms with Crippen LogP contribution in [0, 0.1) is 0 Å². The second-order valence-corrected chi connectivity index (χ2v) is 4.38. The molecule has 2 rings (SSSR count). The first-order valence-corrected chi connectivity index (χ1v) is 6.14. The SMILES string of the molecule is CCCn1cncc1C(O)c1cnccc1C(F)(F)F. The van der Waals surface area contributed by atoms with Gasteiger partial charge in [-0.2, -0.15) is 13.2 Å². The molecule has 1 N–H and O–H groups in total. The van der Waals surface area contributed by atoms with Gasteiger partial charge in [0, 0.05) is 24.5 Å². The van der Waals surface area contributed by atoms with Crippen LogP contribution in [0.25, 0.3) is 0 Å². The molecule has 0 aliphatic carbocycles. The molecule has 108 valence electrons. The second kappa shape index (κ2) is 5.62. The first kappa shape index (κ1) is 14.5. The standard InChI is InChI=1S/C13H14F3N3O/c1-2-5-19-8-18-7-11(19)12(20)9-6-17-4-3-10(9)13(14,15)16/h3-4,6-8,12,20H,2,5H2,1H3. The molecule has 0 radical (unpaired) electrons. The molecule has 2 heterocycles. The van der Waals surface area contributed by atoms with Gasteiger partial charge in [0.2, 0.25) is 0 Å². The maximum atomic E-state index is 12.9. The molecule has 0 amide bonds. The minimum absolute atomic E-state index is 0.266. The molecule has 0 spiro atoms. The summed E-state index contributed by atoms with van der Waals surface area (Å²) < 4.78 is 40.4. The number of alkyl halides is 3. The van der Waals surface area contributed by atoms with E-state index >= 15 is 0 Å². The molecule has 0 aliphatic heterocycles. The van der Waals surface area contributed by atoms with Crippen LogP contribution >= 0.6 is 0 Å². The zero-order chi connectivity index (χ0) is 14.8. The summed E-state index contributed by atoms with van der Waals surface area (Å²) in [6.07, 6.45) is -0.197. The number of aromatic nitrogens is 3. The predicted molar refractivity (Wildman–Crippen MR) is 65.8 cm³/mol. The van der Waals surface area contributed by atoms with E-state index in [1.165, 1.54) is 12.5 Å². The van der Waals surface area contributed by atoms with Gasteiger partial charge in [0.05, 0.1) is 23.8 Å². The van der Waals surface area contributed by atoms with Gasteiger partial charge in [-0.25, -0.2) is 4.98 Å². The number of imidazole rings is 1. The Hall–Kier alpha value is -1.89. The van der Waals surface area contributed by atoms with Crippen LogP contribution in [0.4, 0.5) is 13.2 Å². The fraction of sp³-hybridized carbons (Fsp3) is 0.385. The Labute approximate surface area is 113 Å². The van der Waals surface area contributed by atoms with Crippen molar-refractivity contribution in [1.82, 2.24) is 14.5 Å². The van der Waals surface area contributed by atoms with E-state index in [9.17, 15) is 18.3 Å². The van der Waals surface area contributed by atoms with Crippen molar-refractivity contribution in [2.24, 2.45) is 0 Å². The van der Waals surface area contributed by atoms with Crippen molar-refractivity contribution in [2.75, 3.05) is 0 Å². The number of hydrogen-bond acceptors (Lipinski definition) is 3. The molecule has 4 nitrogen and oxygen atoms in total. The van der Waals surface area contributed by atoms with Crippen LogP contribution in [0.3, 0.4) is 0 Å². The van der Waals surface area contributed by atoms with Gasteiger partial charge in [-0.1, -0.05) is 6.92 Å². The van der Waals surface area contributed by atoms with E-state index in [4.69, 9.17) is 0 Å². The third-order valence-electron chi connectivity index (χ3n) is 2.94. The third-order valence-corrected chi connectivity index (χ3v) is 2.94. The number of hydrogen-bond donors (Lipinski definition) is 1. The lowest BCUT2D eigenvalue weighted by Gasteiger charge is -2.18. The van der Waals surface area contributed by atoms with Gasteiger partial charge in [0.25, 0.3) is 0 Å². The number of aryl methyl sites for hydroxylation is 1. The lowest BCUT2D eigenvalue weighted by molar-refractivity contribution is -0.139. The highest BCUT2D eigenvalue weighted by molar-refractivity contribution is 5.32. The predicted octanol–water partition coefficient (Wildman–Crippen LogP) is 2.79. The summed E-state index contributed by atoms with van der Waals surface area (Å²) in [5, 5.41) is 10.2.